The van der Waals surface area contributed by atoms with Crippen molar-refractivity contribution in [3.63, 3.8) is 0 Å². The lowest BCUT2D eigenvalue weighted by molar-refractivity contribution is -0.124. The summed E-state index contributed by atoms with van der Waals surface area (Å²) in [5.74, 6) is 0.444. The molecule has 0 amide bonds. The number of rotatable bonds is 2. The third-order valence-corrected chi connectivity index (χ3v) is 2.88. The lowest BCUT2D eigenvalue weighted by Crippen LogP contribution is -2.45. The zero-order valence-electron chi connectivity index (χ0n) is 8.34. The van der Waals surface area contributed by atoms with E-state index in [1.54, 1.807) is 0 Å². The molecule has 0 radical (unpaired) electrons. The molecule has 2 atom stereocenters. The molecule has 0 aliphatic carbocycles. The second-order valence-corrected chi connectivity index (χ2v) is 3.90. The molecular formula is C10H19NO. The van der Waals surface area contributed by atoms with Gasteiger partial charge in [0.1, 0.15) is 5.78 Å². The number of hydrogen-bond acceptors (Lipinski definition) is 2. The molecule has 1 aliphatic heterocycles. The van der Waals surface area contributed by atoms with Crippen LogP contribution in [-0.4, -0.2) is 29.8 Å². The van der Waals surface area contributed by atoms with E-state index in [2.05, 4.69) is 25.8 Å². The molecule has 12 heavy (non-hydrogen) atoms. The quantitative estimate of drug-likeness (QED) is 0.628. The van der Waals surface area contributed by atoms with Gasteiger partial charge in [-0.15, -0.1) is 0 Å². The third-order valence-electron chi connectivity index (χ3n) is 2.88. The van der Waals surface area contributed by atoms with E-state index in [0.29, 0.717) is 17.9 Å². The Kier molecular flexibility index (Phi) is 3.27. The Morgan fingerprint density at radius 2 is 2.17 bits per heavy atom. The standard InChI is InChI=1S/C10H19NO/c1-4-5-9-7-10(12)6-8(2)11(9)3/h8-9H,4-7H2,1-3H3. The van der Waals surface area contributed by atoms with Crippen molar-refractivity contribution < 1.29 is 4.79 Å². The lowest BCUT2D eigenvalue weighted by atomic mass is 9.93. The second kappa shape index (κ2) is 4.04. The molecule has 1 heterocycles. The minimum absolute atomic E-state index is 0.444. The van der Waals surface area contributed by atoms with Gasteiger partial charge in [0, 0.05) is 24.9 Å². The first-order valence-electron chi connectivity index (χ1n) is 4.88. The van der Waals surface area contributed by atoms with E-state index < -0.39 is 0 Å². The van der Waals surface area contributed by atoms with Crippen LogP contribution in [0.1, 0.15) is 39.5 Å². The number of likely N-dealkylation sites (tertiary alicyclic amines) is 1. The molecule has 0 aromatic rings. The van der Waals surface area contributed by atoms with E-state index in [0.717, 1.165) is 19.3 Å². The van der Waals surface area contributed by atoms with Crippen LogP contribution in [0.4, 0.5) is 0 Å². The normalized spacial score (nSPS) is 32.4. The number of hydrogen-bond donors (Lipinski definition) is 0. The molecule has 2 heteroatoms. The predicted octanol–water partition coefficient (Wildman–Crippen LogP) is 1.84. The Morgan fingerprint density at radius 3 is 2.75 bits per heavy atom. The number of carbonyl (C=O) groups excluding carboxylic acids is 1. The van der Waals surface area contributed by atoms with E-state index >= 15 is 0 Å². The Bertz CT molecular complexity index is 167. The predicted molar refractivity (Wildman–Crippen MR) is 50.2 cm³/mol. The summed E-state index contributed by atoms with van der Waals surface area (Å²) in [7, 11) is 2.14. The van der Waals surface area contributed by atoms with E-state index in [1.807, 2.05) is 0 Å². The monoisotopic (exact) mass is 169 g/mol. The van der Waals surface area contributed by atoms with Crippen molar-refractivity contribution in [2.45, 2.75) is 51.6 Å². The summed E-state index contributed by atoms with van der Waals surface area (Å²) in [6.07, 6.45) is 3.85. The highest BCUT2D eigenvalue weighted by atomic mass is 16.1. The number of Topliss-reactive ketones (excluding diaryl/α,β-unsaturated/α-hetero) is 1. The molecule has 0 aromatic carbocycles. The minimum atomic E-state index is 0.444. The smallest absolute Gasteiger partial charge is 0.136 e. The second-order valence-electron chi connectivity index (χ2n) is 3.90. The van der Waals surface area contributed by atoms with Crippen LogP contribution in [0.2, 0.25) is 0 Å². The molecule has 0 bridgehead atoms. The molecule has 1 saturated heterocycles. The first-order chi connectivity index (χ1) is 5.65. The van der Waals surface area contributed by atoms with Crippen molar-refractivity contribution in [2.75, 3.05) is 7.05 Å². The fraction of sp³-hybridized carbons (Fsp3) is 0.900. The molecular weight excluding hydrogens is 150 g/mol. The van der Waals surface area contributed by atoms with Crippen LogP contribution in [0.3, 0.4) is 0 Å². The summed E-state index contributed by atoms with van der Waals surface area (Å²) in [6.45, 7) is 4.32. The van der Waals surface area contributed by atoms with Crippen molar-refractivity contribution in [3.8, 4) is 0 Å². The maximum absolute atomic E-state index is 11.3. The highest BCUT2D eigenvalue weighted by Crippen LogP contribution is 2.21. The van der Waals surface area contributed by atoms with Gasteiger partial charge in [0.15, 0.2) is 0 Å². The van der Waals surface area contributed by atoms with E-state index in [1.165, 1.54) is 6.42 Å². The summed E-state index contributed by atoms with van der Waals surface area (Å²) in [5, 5.41) is 0. The van der Waals surface area contributed by atoms with Crippen LogP contribution in [0.15, 0.2) is 0 Å². The fourth-order valence-electron chi connectivity index (χ4n) is 1.96. The summed E-state index contributed by atoms with van der Waals surface area (Å²) in [4.78, 5) is 13.6. The highest BCUT2D eigenvalue weighted by Gasteiger charge is 2.28. The molecule has 0 spiro atoms. The van der Waals surface area contributed by atoms with Crippen LogP contribution in [0.25, 0.3) is 0 Å². The first-order valence-corrected chi connectivity index (χ1v) is 4.88. The summed E-state index contributed by atoms with van der Waals surface area (Å²) in [5.41, 5.74) is 0. The van der Waals surface area contributed by atoms with Gasteiger partial charge in [-0.3, -0.25) is 9.69 Å². The number of piperidine rings is 1. The van der Waals surface area contributed by atoms with Gasteiger partial charge in [-0.1, -0.05) is 13.3 Å². The number of carbonyl (C=O) groups is 1. The van der Waals surface area contributed by atoms with Gasteiger partial charge in [0.05, 0.1) is 0 Å². The SMILES string of the molecule is CCCC1CC(=O)CC(C)N1C. The molecule has 1 fully saturated rings. The average Bonchev–Trinajstić information content (AvgIpc) is 2.00. The molecule has 0 N–H and O–H groups in total. The molecule has 0 aromatic heterocycles. The minimum Gasteiger partial charge on any atom is -0.300 e. The van der Waals surface area contributed by atoms with Gasteiger partial charge < -0.3 is 0 Å². The van der Waals surface area contributed by atoms with E-state index in [4.69, 9.17) is 0 Å². The van der Waals surface area contributed by atoms with Crippen LogP contribution < -0.4 is 0 Å². The summed E-state index contributed by atoms with van der Waals surface area (Å²) >= 11 is 0. The molecule has 2 nitrogen and oxygen atoms in total. The van der Waals surface area contributed by atoms with Gasteiger partial charge in [-0.05, 0) is 20.4 Å². The number of ketones is 1. The molecule has 1 aliphatic rings. The van der Waals surface area contributed by atoms with Gasteiger partial charge in [0.2, 0.25) is 0 Å². The van der Waals surface area contributed by atoms with Crippen molar-refractivity contribution in [3.05, 3.63) is 0 Å². The summed E-state index contributed by atoms with van der Waals surface area (Å²) < 4.78 is 0. The Morgan fingerprint density at radius 1 is 1.50 bits per heavy atom. The van der Waals surface area contributed by atoms with Crippen LogP contribution in [0, 0.1) is 0 Å². The lowest BCUT2D eigenvalue weighted by Gasteiger charge is -2.36. The Balaban J connectivity index is 2.53. The van der Waals surface area contributed by atoms with Gasteiger partial charge in [-0.2, -0.15) is 0 Å². The molecule has 2 unspecified atom stereocenters. The van der Waals surface area contributed by atoms with Gasteiger partial charge in [-0.25, -0.2) is 0 Å². The molecule has 1 rings (SSSR count). The zero-order chi connectivity index (χ0) is 9.14. The average molecular weight is 169 g/mol. The van der Waals surface area contributed by atoms with Crippen molar-refractivity contribution in [2.24, 2.45) is 0 Å². The first kappa shape index (κ1) is 9.72. The van der Waals surface area contributed by atoms with E-state index in [-0.39, 0.29) is 0 Å². The highest BCUT2D eigenvalue weighted by molar-refractivity contribution is 5.80. The third kappa shape index (κ3) is 2.07. The molecule has 0 saturated carbocycles. The Labute approximate surface area is 74.9 Å². The molecule has 70 valence electrons. The topological polar surface area (TPSA) is 20.3 Å². The van der Waals surface area contributed by atoms with Crippen molar-refractivity contribution >= 4 is 5.78 Å². The maximum atomic E-state index is 11.3. The zero-order valence-corrected chi connectivity index (χ0v) is 8.34. The fourth-order valence-corrected chi connectivity index (χ4v) is 1.96. The van der Waals surface area contributed by atoms with Gasteiger partial charge in [0.25, 0.3) is 0 Å². The van der Waals surface area contributed by atoms with Crippen LogP contribution in [-0.2, 0) is 4.79 Å². The van der Waals surface area contributed by atoms with Crippen LogP contribution >= 0.6 is 0 Å². The van der Waals surface area contributed by atoms with Crippen LogP contribution in [0.5, 0.6) is 0 Å². The number of nitrogens with zero attached hydrogens (tertiary/aromatic N) is 1. The largest absolute Gasteiger partial charge is 0.300 e. The summed E-state index contributed by atoms with van der Waals surface area (Å²) in [6, 6.07) is 0.953. The Hall–Kier alpha value is -0.370. The maximum Gasteiger partial charge on any atom is 0.136 e. The van der Waals surface area contributed by atoms with Crippen molar-refractivity contribution in [1.82, 2.24) is 4.90 Å². The van der Waals surface area contributed by atoms with Crippen molar-refractivity contribution in [1.29, 1.82) is 0 Å². The van der Waals surface area contributed by atoms with Gasteiger partial charge >= 0.3 is 0 Å². The van der Waals surface area contributed by atoms with E-state index in [9.17, 15) is 4.79 Å².